The molecule has 1 atom stereocenters. The molecule has 6 nitrogen and oxygen atoms in total. The van der Waals surface area contributed by atoms with E-state index < -0.39 is 17.7 Å². The quantitative estimate of drug-likeness (QED) is 0.793. The van der Waals surface area contributed by atoms with Gasteiger partial charge < -0.3 is 14.6 Å². The highest BCUT2D eigenvalue weighted by atomic mass is 35.5. The number of benzene rings is 2. The van der Waals surface area contributed by atoms with Crippen LogP contribution in [0.25, 0.3) is 0 Å². The number of carbonyl (C=O) groups excluding carboxylic acids is 2. The number of cyclic esters (lactones) is 1. The number of rotatable bonds is 3. The first-order valence-electron chi connectivity index (χ1n) is 8.45. The van der Waals surface area contributed by atoms with Gasteiger partial charge in [0.15, 0.2) is 11.5 Å². The predicted octanol–water partition coefficient (Wildman–Crippen LogP) is 3.52. The van der Waals surface area contributed by atoms with Crippen LogP contribution in [-0.2, 0) is 14.3 Å². The molecule has 0 saturated carbocycles. The number of carbonyl (C=O) groups is 2. The van der Waals surface area contributed by atoms with Gasteiger partial charge >= 0.3 is 5.97 Å². The van der Waals surface area contributed by atoms with Gasteiger partial charge in [0.25, 0.3) is 0 Å². The van der Waals surface area contributed by atoms with E-state index in [1.54, 1.807) is 12.1 Å². The van der Waals surface area contributed by atoms with Gasteiger partial charge in [-0.2, -0.15) is 0 Å². The molecule has 2 heterocycles. The zero-order chi connectivity index (χ0) is 20.0. The lowest BCUT2D eigenvalue weighted by Crippen LogP contribution is -2.37. The second kappa shape index (κ2) is 6.83. The summed E-state index contributed by atoms with van der Waals surface area (Å²) in [4.78, 5) is 26.7. The van der Waals surface area contributed by atoms with Crippen molar-refractivity contribution in [3.63, 3.8) is 0 Å². The maximum atomic E-state index is 13.5. The third kappa shape index (κ3) is 2.88. The van der Waals surface area contributed by atoms with Crippen molar-refractivity contribution in [1.29, 1.82) is 0 Å². The predicted molar refractivity (Wildman–Crippen MR) is 98.9 cm³/mol. The maximum Gasteiger partial charge on any atom is 0.336 e. The fourth-order valence-corrected chi connectivity index (χ4v) is 3.75. The number of amides is 1. The van der Waals surface area contributed by atoms with Crippen LogP contribution >= 0.6 is 11.6 Å². The van der Waals surface area contributed by atoms with Crippen LogP contribution in [0.5, 0.6) is 11.5 Å². The first-order chi connectivity index (χ1) is 13.4. The number of nitrogens with zero attached hydrogens (tertiary/aromatic N) is 1. The normalized spacial score (nSPS) is 19.0. The van der Waals surface area contributed by atoms with Gasteiger partial charge in [0, 0.05) is 12.3 Å². The Labute approximate surface area is 164 Å². The summed E-state index contributed by atoms with van der Waals surface area (Å²) < 4.78 is 23.8. The summed E-state index contributed by atoms with van der Waals surface area (Å²) in [6.45, 7) is -0.0688. The minimum Gasteiger partial charge on any atom is -0.504 e. The summed E-state index contributed by atoms with van der Waals surface area (Å²) >= 11 is 5.86. The molecule has 2 aliphatic rings. The Balaban J connectivity index is 1.82. The number of halogens is 2. The molecule has 2 aliphatic heterocycles. The number of phenolic OH excluding ortho intramolecular Hbond substituents is 1. The highest BCUT2D eigenvalue weighted by molar-refractivity contribution is 6.31. The number of methoxy groups -OCH3 is 1. The van der Waals surface area contributed by atoms with Gasteiger partial charge in [-0.1, -0.05) is 17.7 Å². The monoisotopic (exact) mass is 403 g/mol. The van der Waals surface area contributed by atoms with Gasteiger partial charge in [0.1, 0.15) is 12.4 Å². The molecule has 2 aromatic rings. The lowest BCUT2D eigenvalue weighted by molar-refractivity contribution is -0.136. The van der Waals surface area contributed by atoms with E-state index in [4.69, 9.17) is 21.1 Å². The van der Waals surface area contributed by atoms with E-state index >= 15 is 0 Å². The zero-order valence-corrected chi connectivity index (χ0v) is 15.5. The van der Waals surface area contributed by atoms with Crippen molar-refractivity contribution >= 4 is 29.2 Å². The lowest BCUT2D eigenvalue weighted by Gasteiger charge is -2.32. The molecular weight excluding hydrogens is 389 g/mol. The van der Waals surface area contributed by atoms with Crippen molar-refractivity contribution in [3.8, 4) is 11.5 Å². The molecule has 0 radical (unpaired) electrons. The number of esters is 1. The summed E-state index contributed by atoms with van der Waals surface area (Å²) in [5, 5.41) is 9.69. The molecule has 2 aromatic carbocycles. The van der Waals surface area contributed by atoms with Gasteiger partial charge in [-0.3, -0.25) is 9.69 Å². The Bertz CT molecular complexity index is 1040. The van der Waals surface area contributed by atoms with E-state index in [0.29, 0.717) is 22.5 Å². The molecule has 0 unspecified atom stereocenters. The molecule has 8 heteroatoms. The maximum absolute atomic E-state index is 13.5. The lowest BCUT2D eigenvalue weighted by atomic mass is 9.84. The SMILES string of the molecule is COc1cc([C@@H]2CC(=O)N(c3ccc(F)c(Cl)c3)C3=C2C(=O)OC3)ccc1O. The standard InChI is InChI=1S/C20H15ClFNO5/c1-27-17-6-10(2-5-16(17)24)12-8-18(25)23(15-9-28-20(26)19(12)15)11-3-4-14(22)13(21)7-11/h2-7,12,24H,8-9H2,1H3/t12-/m0/s1. The number of phenols is 1. The first-order valence-corrected chi connectivity index (χ1v) is 8.83. The van der Waals surface area contributed by atoms with Crippen molar-refractivity contribution in [3.05, 3.63) is 64.1 Å². The fraction of sp³-hybridized carbons (Fsp3) is 0.200. The smallest absolute Gasteiger partial charge is 0.336 e. The molecule has 0 bridgehead atoms. The minimum atomic E-state index is -0.600. The van der Waals surface area contributed by atoms with Gasteiger partial charge in [0.2, 0.25) is 5.91 Å². The molecule has 1 amide bonds. The summed E-state index contributed by atoms with van der Waals surface area (Å²) in [5.74, 6) is -1.74. The Hall–Kier alpha value is -3.06. The molecule has 144 valence electrons. The summed E-state index contributed by atoms with van der Waals surface area (Å²) in [6.07, 6.45) is -0.00312. The number of hydrogen-bond acceptors (Lipinski definition) is 5. The molecule has 0 spiro atoms. The second-order valence-corrected chi connectivity index (χ2v) is 6.86. The van der Waals surface area contributed by atoms with Gasteiger partial charge in [0.05, 0.1) is 29.1 Å². The van der Waals surface area contributed by atoms with Crippen LogP contribution in [0.2, 0.25) is 5.02 Å². The molecule has 1 N–H and O–H groups in total. The first kappa shape index (κ1) is 18.3. The van der Waals surface area contributed by atoms with Crippen molar-refractivity contribution in [2.75, 3.05) is 18.6 Å². The minimum absolute atomic E-state index is 0.00312. The number of anilines is 1. The van der Waals surface area contributed by atoms with Crippen LogP contribution in [0, 0.1) is 5.82 Å². The van der Waals surface area contributed by atoms with Crippen LogP contribution in [0.1, 0.15) is 17.9 Å². The highest BCUT2D eigenvalue weighted by Crippen LogP contribution is 2.43. The van der Waals surface area contributed by atoms with E-state index in [9.17, 15) is 19.1 Å². The van der Waals surface area contributed by atoms with E-state index in [1.165, 1.54) is 36.3 Å². The Morgan fingerprint density at radius 3 is 2.75 bits per heavy atom. The van der Waals surface area contributed by atoms with Crippen LogP contribution in [-0.4, -0.2) is 30.7 Å². The van der Waals surface area contributed by atoms with E-state index in [-0.39, 0.29) is 35.5 Å². The number of aromatic hydroxyl groups is 1. The van der Waals surface area contributed by atoms with Crippen molar-refractivity contribution < 1.29 is 28.6 Å². The Morgan fingerprint density at radius 1 is 1.25 bits per heavy atom. The van der Waals surface area contributed by atoms with Crippen LogP contribution < -0.4 is 9.64 Å². The number of ether oxygens (including phenoxy) is 2. The van der Waals surface area contributed by atoms with Crippen molar-refractivity contribution in [2.24, 2.45) is 0 Å². The largest absolute Gasteiger partial charge is 0.504 e. The third-order valence-corrected chi connectivity index (χ3v) is 5.17. The van der Waals surface area contributed by atoms with Crippen molar-refractivity contribution in [2.45, 2.75) is 12.3 Å². The average Bonchev–Trinajstić information content (AvgIpc) is 3.05. The van der Waals surface area contributed by atoms with E-state index in [0.717, 1.165) is 0 Å². The highest BCUT2D eigenvalue weighted by Gasteiger charge is 2.43. The molecule has 0 saturated heterocycles. The molecule has 0 aromatic heterocycles. The van der Waals surface area contributed by atoms with Gasteiger partial charge in [-0.05, 0) is 35.9 Å². The van der Waals surface area contributed by atoms with Crippen LogP contribution in [0.15, 0.2) is 47.7 Å². The Kier molecular flexibility index (Phi) is 4.47. The topological polar surface area (TPSA) is 76.1 Å². The van der Waals surface area contributed by atoms with E-state index in [2.05, 4.69) is 0 Å². The molecule has 0 aliphatic carbocycles. The fourth-order valence-electron chi connectivity index (χ4n) is 3.57. The second-order valence-electron chi connectivity index (χ2n) is 6.45. The summed E-state index contributed by atoms with van der Waals surface area (Å²) in [6, 6.07) is 8.61. The Morgan fingerprint density at radius 2 is 2.04 bits per heavy atom. The van der Waals surface area contributed by atoms with E-state index in [1.807, 2.05) is 0 Å². The molecule has 0 fully saturated rings. The molecule has 28 heavy (non-hydrogen) atoms. The van der Waals surface area contributed by atoms with Crippen LogP contribution in [0.3, 0.4) is 0 Å². The zero-order valence-electron chi connectivity index (χ0n) is 14.7. The summed E-state index contributed by atoms with van der Waals surface area (Å²) in [7, 11) is 1.42. The van der Waals surface area contributed by atoms with Crippen molar-refractivity contribution in [1.82, 2.24) is 0 Å². The molecular formula is C20H15ClFNO5. The number of hydrogen-bond donors (Lipinski definition) is 1. The summed E-state index contributed by atoms with van der Waals surface area (Å²) in [5.41, 5.74) is 1.77. The van der Waals surface area contributed by atoms with Crippen LogP contribution in [0.4, 0.5) is 10.1 Å². The third-order valence-electron chi connectivity index (χ3n) is 4.88. The average molecular weight is 404 g/mol. The van der Waals surface area contributed by atoms with Gasteiger partial charge in [-0.15, -0.1) is 0 Å². The molecule has 4 rings (SSSR count). The van der Waals surface area contributed by atoms with Gasteiger partial charge in [-0.25, -0.2) is 9.18 Å².